The predicted molar refractivity (Wildman–Crippen MR) is 87.9 cm³/mol. The highest BCUT2D eigenvalue weighted by molar-refractivity contribution is 9.10. The molecule has 0 aliphatic heterocycles. The number of hydrogen-bond acceptors (Lipinski definition) is 2. The number of halogens is 1. The van der Waals surface area contributed by atoms with Gasteiger partial charge in [0, 0.05) is 34.5 Å². The van der Waals surface area contributed by atoms with Gasteiger partial charge in [0.2, 0.25) is 0 Å². The summed E-state index contributed by atoms with van der Waals surface area (Å²) >= 11 is 3.53. The van der Waals surface area contributed by atoms with Crippen LogP contribution in [0.4, 0.5) is 5.69 Å². The van der Waals surface area contributed by atoms with Gasteiger partial charge in [0.05, 0.1) is 0 Å². The number of aromatic nitrogens is 1. The number of fused-ring (bicyclic) bond motifs is 1. The van der Waals surface area contributed by atoms with Crippen LogP contribution in [0.1, 0.15) is 11.1 Å². The van der Waals surface area contributed by atoms with Crippen LogP contribution in [0.5, 0.6) is 0 Å². The molecule has 1 N–H and O–H groups in total. The molecule has 0 bridgehead atoms. The van der Waals surface area contributed by atoms with Crippen LogP contribution in [0.2, 0.25) is 0 Å². The molecule has 2 nitrogen and oxygen atoms in total. The second kappa shape index (κ2) is 5.63. The van der Waals surface area contributed by atoms with Crippen molar-refractivity contribution in [3.8, 4) is 0 Å². The third-order valence-corrected chi connectivity index (χ3v) is 3.75. The van der Waals surface area contributed by atoms with E-state index in [0.29, 0.717) is 0 Å². The summed E-state index contributed by atoms with van der Waals surface area (Å²) in [6, 6.07) is 14.7. The lowest BCUT2D eigenvalue weighted by molar-refractivity contribution is 1.16. The molecular weight excluding hydrogens is 312 g/mol. The molecule has 0 aliphatic rings. The highest BCUT2D eigenvalue weighted by Gasteiger charge is 2.01. The fraction of sp³-hybridized carbons (Fsp3) is 0.118. The molecule has 0 saturated carbocycles. The Hall–Kier alpha value is -1.87. The van der Waals surface area contributed by atoms with Crippen LogP contribution in [0.3, 0.4) is 0 Å². The molecule has 3 aromatic rings. The Morgan fingerprint density at radius 3 is 2.90 bits per heavy atom. The van der Waals surface area contributed by atoms with E-state index in [-0.39, 0.29) is 0 Å². The summed E-state index contributed by atoms with van der Waals surface area (Å²) in [7, 11) is 0. The van der Waals surface area contributed by atoms with E-state index in [2.05, 4.69) is 75.6 Å². The van der Waals surface area contributed by atoms with E-state index in [1.165, 1.54) is 21.9 Å². The van der Waals surface area contributed by atoms with Crippen LogP contribution >= 0.6 is 15.9 Å². The van der Waals surface area contributed by atoms with Crippen molar-refractivity contribution in [1.82, 2.24) is 4.98 Å². The number of hydrogen-bond donors (Lipinski definition) is 1. The van der Waals surface area contributed by atoms with E-state index in [9.17, 15) is 0 Å². The van der Waals surface area contributed by atoms with Gasteiger partial charge in [-0.05, 0) is 47.7 Å². The molecular formula is C17H15BrN2. The van der Waals surface area contributed by atoms with Crippen LogP contribution in [0.25, 0.3) is 10.8 Å². The Bertz CT molecular complexity index is 727. The van der Waals surface area contributed by atoms with E-state index in [1.54, 1.807) is 0 Å². The van der Waals surface area contributed by atoms with Crippen molar-refractivity contribution in [3.05, 3.63) is 70.5 Å². The first kappa shape index (κ1) is 13.1. The van der Waals surface area contributed by atoms with Gasteiger partial charge in [-0.1, -0.05) is 34.1 Å². The van der Waals surface area contributed by atoms with Crippen molar-refractivity contribution in [1.29, 1.82) is 0 Å². The smallest absolute Gasteiger partial charge is 0.0406 e. The number of aryl methyl sites for hydroxylation is 1. The third kappa shape index (κ3) is 2.83. The molecule has 1 heterocycles. The molecule has 0 fully saturated rings. The number of rotatable bonds is 3. The first-order valence-corrected chi connectivity index (χ1v) is 7.34. The van der Waals surface area contributed by atoms with Crippen LogP contribution in [-0.4, -0.2) is 4.98 Å². The van der Waals surface area contributed by atoms with Gasteiger partial charge in [-0.25, -0.2) is 0 Å². The predicted octanol–water partition coefficient (Wildman–Crippen LogP) is 4.92. The highest BCUT2D eigenvalue weighted by Crippen LogP contribution is 2.22. The zero-order chi connectivity index (χ0) is 13.9. The van der Waals surface area contributed by atoms with Crippen molar-refractivity contribution in [2.75, 3.05) is 5.32 Å². The Balaban J connectivity index is 1.87. The molecule has 0 atom stereocenters. The minimum atomic E-state index is 0.803. The monoisotopic (exact) mass is 326 g/mol. The molecule has 1 aromatic heterocycles. The van der Waals surface area contributed by atoms with Crippen molar-refractivity contribution >= 4 is 32.4 Å². The normalized spacial score (nSPS) is 10.7. The van der Waals surface area contributed by atoms with Crippen LogP contribution in [-0.2, 0) is 6.54 Å². The molecule has 3 heteroatoms. The fourth-order valence-corrected chi connectivity index (χ4v) is 2.99. The van der Waals surface area contributed by atoms with E-state index in [1.807, 2.05) is 12.4 Å². The van der Waals surface area contributed by atoms with Gasteiger partial charge in [-0.3, -0.25) is 4.98 Å². The molecule has 0 unspecified atom stereocenters. The standard InChI is InChI=1S/C17H15BrN2/c1-12-7-15(18)9-16(8-12)20-11-14-4-2-3-13-10-19-6-5-17(13)14/h2-10,20H,11H2,1H3. The molecule has 0 aliphatic carbocycles. The van der Waals surface area contributed by atoms with Crippen LogP contribution in [0, 0.1) is 6.92 Å². The summed E-state index contributed by atoms with van der Waals surface area (Å²) in [4.78, 5) is 4.17. The number of pyridine rings is 1. The minimum absolute atomic E-state index is 0.803. The molecule has 0 radical (unpaired) electrons. The zero-order valence-corrected chi connectivity index (χ0v) is 12.8. The van der Waals surface area contributed by atoms with Gasteiger partial charge < -0.3 is 5.32 Å². The summed E-state index contributed by atoms with van der Waals surface area (Å²) < 4.78 is 1.10. The maximum absolute atomic E-state index is 4.17. The summed E-state index contributed by atoms with van der Waals surface area (Å²) in [5.74, 6) is 0. The second-order valence-electron chi connectivity index (χ2n) is 4.88. The zero-order valence-electron chi connectivity index (χ0n) is 11.2. The highest BCUT2D eigenvalue weighted by atomic mass is 79.9. The van der Waals surface area contributed by atoms with E-state index in [0.717, 1.165) is 16.7 Å². The fourth-order valence-electron chi connectivity index (χ4n) is 2.38. The lowest BCUT2D eigenvalue weighted by Crippen LogP contribution is -2.00. The average Bonchev–Trinajstić information content (AvgIpc) is 2.44. The minimum Gasteiger partial charge on any atom is -0.381 e. The van der Waals surface area contributed by atoms with Gasteiger partial charge in [0.15, 0.2) is 0 Å². The summed E-state index contributed by atoms with van der Waals surface area (Å²) in [6.45, 7) is 2.90. The maximum atomic E-state index is 4.17. The maximum Gasteiger partial charge on any atom is 0.0406 e. The quantitative estimate of drug-likeness (QED) is 0.739. The second-order valence-corrected chi connectivity index (χ2v) is 5.80. The SMILES string of the molecule is Cc1cc(Br)cc(NCc2cccc3cnccc23)c1. The van der Waals surface area contributed by atoms with Gasteiger partial charge in [-0.15, -0.1) is 0 Å². The molecule has 0 spiro atoms. The molecule has 100 valence electrons. The van der Waals surface area contributed by atoms with Crippen molar-refractivity contribution in [3.63, 3.8) is 0 Å². The van der Waals surface area contributed by atoms with Crippen molar-refractivity contribution in [2.45, 2.75) is 13.5 Å². The number of anilines is 1. The average molecular weight is 327 g/mol. The summed E-state index contributed by atoms with van der Waals surface area (Å²) in [5, 5.41) is 5.91. The van der Waals surface area contributed by atoms with Crippen LogP contribution < -0.4 is 5.32 Å². The Kier molecular flexibility index (Phi) is 3.70. The Morgan fingerprint density at radius 1 is 1.15 bits per heavy atom. The first-order valence-electron chi connectivity index (χ1n) is 6.55. The molecule has 20 heavy (non-hydrogen) atoms. The number of nitrogens with zero attached hydrogens (tertiary/aromatic N) is 1. The lowest BCUT2D eigenvalue weighted by atomic mass is 10.1. The van der Waals surface area contributed by atoms with Gasteiger partial charge >= 0.3 is 0 Å². The number of benzene rings is 2. The summed E-state index contributed by atoms with van der Waals surface area (Å²) in [6.07, 6.45) is 3.75. The molecule has 0 saturated heterocycles. The van der Waals surface area contributed by atoms with Gasteiger partial charge in [0.25, 0.3) is 0 Å². The van der Waals surface area contributed by atoms with Gasteiger partial charge in [-0.2, -0.15) is 0 Å². The Labute approximate surface area is 127 Å². The van der Waals surface area contributed by atoms with E-state index < -0.39 is 0 Å². The first-order chi connectivity index (χ1) is 9.72. The third-order valence-electron chi connectivity index (χ3n) is 3.30. The van der Waals surface area contributed by atoms with Crippen molar-refractivity contribution in [2.24, 2.45) is 0 Å². The van der Waals surface area contributed by atoms with E-state index >= 15 is 0 Å². The molecule has 2 aromatic carbocycles. The van der Waals surface area contributed by atoms with Crippen LogP contribution in [0.15, 0.2) is 59.3 Å². The Morgan fingerprint density at radius 2 is 2.05 bits per heavy atom. The largest absolute Gasteiger partial charge is 0.381 e. The van der Waals surface area contributed by atoms with Gasteiger partial charge in [0.1, 0.15) is 0 Å². The number of nitrogens with one attached hydrogen (secondary N) is 1. The molecule has 0 amide bonds. The lowest BCUT2D eigenvalue weighted by Gasteiger charge is -2.10. The topological polar surface area (TPSA) is 24.9 Å². The summed E-state index contributed by atoms with van der Waals surface area (Å²) in [5.41, 5.74) is 3.65. The molecule has 3 rings (SSSR count). The van der Waals surface area contributed by atoms with Crippen molar-refractivity contribution < 1.29 is 0 Å². The van der Waals surface area contributed by atoms with E-state index in [4.69, 9.17) is 0 Å².